The van der Waals surface area contributed by atoms with Gasteiger partial charge in [0.05, 0.1) is 12.3 Å². The van der Waals surface area contributed by atoms with Crippen molar-refractivity contribution < 1.29 is 4.74 Å². The maximum absolute atomic E-state index is 5.20. The quantitative estimate of drug-likeness (QED) is 0.753. The number of ether oxygens (including phenoxy) is 1. The van der Waals surface area contributed by atoms with Crippen LogP contribution in [0.1, 0.15) is 28.1 Å². The number of benzene rings is 1. The minimum Gasteiger partial charge on any atom is -0.383 e. The standard InChI is InChI=1S/C17H24N2OS/c1-12-8-13(2)10-16(9-12)11-21-17-18-14(3)15(4)19(17)6-7-20-5/h8-10H,6-7,11H2,1-5H3. The summed E-state index contributed by atoms with van der Waals surface area (Å²) in [5.74, 6) is 0.950. The molecule has 1 heterocycles. The zero-order valence-corrected chi connectivity index (χ0v) is 14.4. The minimum atomic E-state index is 0.716. The van der Waals surface area contributed by atoms with Crippen molar-refractivity contribution in [1.29, 1.82) is 0 Å². The molecular weight excluding hydrogens is 280 g/mol. The van der Waals surface area contributed by atoms with Crippen LogP contribution in [0, 0.1) is 27.7 Å². The van der Waals surface area contributed by atoms with Gasteiger partial charge < -0.3 is 9.30 Å². The second kappa shape index (κ2) is 7.14. The van der Waals surface area contributed by atoms with E-state index in [1.807, 2.05) is 0 Å². The van der Waals surface area contributed by atoms with E-state index in [0.717, 1.165) is 23.1 Å². The topological polar surface area (TPSA) is 27.1 Å². The Bertz CT molecular complexity index is 599. The number of aryl methyl sites for hydroxylation is 3. The number of nitrogens with zero attached hydrogens (tertiary/aromatic N) is 2. The Morgan fingerprint density at radius 2 is 1.76 bits per heavy atom. The van der Waals surface area contributed by atoms with Gasteiger partial charge in [-0.3, -0.25) is 0 Å². The maximum Gasteiger partial charge on any atom is 0.168 e. The molecule has 0 aliphatic heterocycles. The highest BCUT2D eigenvalue weighted by Crippen LogP contribution is 2.25. The van der Waals surface area contributed by atoms with Crippen LogP contribution >= 0.6 is 11.8 Å². The predicted molar refractivity (Wildman–Crippen MR) is 89.1 cm³/mol. The van der Waals surface area contributed by atoms with Gasteiger partial charge in [0.25, 0.3) is 0 Å². The van der Waals surface area contributed by atoms with E-state index in [1.165, 1.54) is 22.4 Å². The number of hydrogen-bond acceptors (Lipinski definition) is 3. The van der Waals surface area contributed by atoms with E-state index >= 15 is 0 Å². The fraction of sp³-hybridized carbons (Fsp3) is 0.471. The van der Waals surface area contributed by atoms with Crippen LogP contribution in [0.2, 0.25) is 0 Å². The molecule has 0 N–H and O–H groups in total. The zero-order valence-electron chi connectivity index (χ0n) is 13.6. The predicted octanol–water partition coefficient (Wildman–Crippen LogP) is 4.06. The Morgan fingerprint density at radius 3 is 2.38 bits per heavy atom. The summed E-state index contributed by atoms with van der Waals surface area (Å²) in [4.78, 5) is 4.69. The summed E-state index contributed by atoms with van der Waals surface area (Å²) in [5.41, 5.74) is 6.33. The number of hydrogen-bond donors (Lipinski definition) is 0. The van der Waals surface area contributed by atoms with Gasteiger partial charge in [-0.2, -0.15) is 0 Å². The van der Waals surface area contributed by atoms with Crippen molar-refractivity contribution in [2.45, 2.75) is 45.1 Å². The molecule has 0 saturated heterocycles. The van der Waals surface area contributed by atoms with Gasteiger partial charge in [-0.1, -0.05) is 41.1 Å². The van der Waals surface area contributed by atoms with Gasteiger partial charge in [0, 0.05) is 25.1 Å². The molecule has 4 heteroatoms. The Balaban J connectivity index is 2.13. The van der Waals surface area contributed by atoms with Gasteiger partial charge in [-0.05, 0) is 33.3 Å². The summed E-state index contributed by atoms with van der Waals surface area (Å²) in [6.07, 6.45) is 0. The lowest BCUT2D eigenvalue weighted by atomic mass is 10.1. The van der Waals surface area contributed by atoms with E-state index in [-0.39, 0.29) is 0 Å². The normalized spacial score (nSPS) is 11.1. The smallest absolute Gasteiger partial charge is 0.168 e. The number of thioether (sulfide) groups is 1. The zero-order chi connectivity index (χ0) is 15.4. The molecule has 0 unspecified atom stereocenters. The van der Waals surface area contributed by atoms with Crippen LogP contribution in [0.4, 0.5) is 0 Å². The number of imidazole rings is 1. The molecule has 2 rings (SSSR count). The van der Waals surface area contributed by atoms with E-state index in [9.17, 15) is 0 Å². The molecule has 21 heavy (non-hydrogen) atoms. The lowest BCUT2D eigenvalue weighted by molar-refractivity contribution is 0.184. The van der Waals surface area contributed by atoms with Gasteiger partial charge in [0.2, 0.25) is 0 Å². The van der Waals surface area contributed by atoms with Crippen molar-refractivity contribution in [3.05, 3.63) is 46.3 Å². The fourth-order valence-corrected chi connectivity index (χ4v) is 3.53. The van der Waals surface area contributed by atoms with Gasteiger partial charge in [0.15, 0.2) is 5.16 Å². The van der Waals surface area contributed by atoms with Gasteiger partial charge in [-0.15, -0.1) is 0 Å². The highest BCUT2D eigenvalue weighted by atomic mass is 32.2. The lowest BCUT2D eigenvalue weighted by Crippen LogP contribution is -2.07. The molecule has 0 bridgehead atoms. The third-order valence-corrected chi connectivity index (χ3v) is 4.64. The van der Waals surface area contributed by atoms with Crippen LogP contribution < -0.4 is 0 Å². The molecule has 114 valence electrons. The van der Waals surface area contributed by atoms with Crippen LogP contribution in [0.5, 0.6) is 0 Å². The molecule has 0 aliphatic carbocycles. The summed E-state index contributed by atoms with van der Waals surface area (Å²) < 4.78 is 7.46. The highest BCUT2D eigenvalue weighted by molar-refractivity contribution is 7.98. The van der Waals surface area contributed by atoms with E-state index in [1.54, 1.807) is 18.9 Å². The molecule has 0 radical (unpaired) electrons. The SMILES string of the molecule is COCCn1c(SCc2cc(C)cc(C)c2)nc(C)c1C. The highest BCUT2D eigenvalue weighted by Gasteiger charge is 2.11. The van der Waals surface area contributed by atoms with Crippen LogP contribution in [-0.2, 0) is 17.0 Å². The summed E-state index contributed by atoms with van der Waals surface area (Å²) in [5, 5.41) is 1.08. The third-order valence-electron chi connectivity index (χ3n) is 3.59. The van der Waals surface area contributed by atoms with Gasteiger partial charge >= 0.3 is 0 Å². The largest absolute Gasteiger partial charge is 0.383 e. The average Bonchev–Trinajstić information content (AvgIpc) is 2.69. The van der Waals surface area contributed by atoms with Crippen molar-refractivity contribution in [3.8, 4) is 0 Å². The molecule has 0 spiro atoms. The second-order valence-corrected chi connectivity index (χ2v) is 6.44. The summed E-state index contributed by atoms with van der Waals surface area (Å²) in [6.45, 7) is 10.1. The summed E-state index contributed by atoms with van der Waals surface area (Å²) in [7, 11) is 1.74. The molecule has 2 aromatic rings. The van der Waals surface area contributed by atoms with Crippen molar-refractivity contribution in [3.63, 3.8) is 0 Å². The van der Waals surface area contributed by atoms with E-state index in [2.05, 4.69) is 50.5 Å². The fourth-order valence-electron chi connectivity index (χ4n) is 2.48. The maximum atomic E-state index is 5.20. The van der Waals surface area contributed by atoms with Crippen molar-refractivity contribution >= 4 is 11.8 Å². The van der Waals surface area contributed by atoms with Crippen LogP contribution in [0.3, 0.4) is 0 Å². The molecule has 1 aromatic heterocycles. The lowest BCUT2D eigenvalue weighted by Gasteiger charge is -2.10. The Morgan fingerprint density at radius 1 is 1.10 bits per heavy atom. The van der Waals surface area contributed by atoms with Gasteiger partial charge in [0.1, 0.15) is 0 Å². The van der Waals surface area contributed by atoms with E-state index < -0.39 is 0 Å². The monoisotopic (exact) mass is 304 g/mol. The second-order valence-electron chi connectivity index (χ2n) is 5.49. The van der Waals surface area contributed by atoms with E-state index in [0.29, 0.717) is 6.61 Å². The first-order valence-corrected chi connectivity index (χ1v) is 8.22. The number of methoxy groups -OCH3 is 1. The molecule has 0 saturated carbocycles. The minimum absolute atomic E-state index is 0.716. The summed E-state index contributed by atoms with van der Waals surface area (Å²) in [6, 6.07) is 6.71. The first-order valence-electron chi connectivity index (χ1n) is 7.24. The Labute approximate surface area is 131 Å². The van der Waals surface area contributed by atoms with Crippen LogP contribution in [-0.4, -0.2) is 23.3 Å². The Hall–Kier alpha value is -1.26. The Kier molecular flexibility index (Phi) is 5.48. The molecule has 1 aromatic carbocycles. The third kappa shape index (κ3) is 4.11. The number of aromatic nitrogens is 2. The first-order chi connectivity index (χ1) is 10.0. The average molecular weight is 304 g/mol. The van der Waals surface area contributed by atoms with Crippen LogP contribution in [0.25, 0.3) is 0 Å². The van der Waals surface area contributed by atoms with Crippen molar-refractivity contribution in [2.75, 3.05) is 13.7 Å². The van der Waals surface area contributed by atoms with Crippen molar-refractivity contribution in [2.24, 2.45) is 0 Å². The number of rotatable bonds is 6. The molecule has 0 fully saturated rings. The molecule has 0 atom stereocenters. The van der Waals surface area contributed by atoms with Crippen molar-refractivity contribution in [1.82, 2.24) is 9.55 Å². The van der Waals surface area contributed by atoms with Gasteiger partial charge in [-0.25, -0.2) is 4.98 Å². The molecular formula is C17H24N2OS. The molecule has 0 amide bonds. The molecule has 0 aliphatic rings. The summed E-state index contributed by atoms with van der Waals surface area (Å²) >= 11 is 1.80. The molecule has 3 nitrogen and oxygen atoms in total. The first kappa shape index (κ1) is 16.1. The van der Waals surface area contributed by atoms with E-state index in [4.69, 9.17) is 9.72 Å². The van der Waals surface area contributed by atoms with Crippen LogP contribution in [0.15, 0.2) is 23.4 Å².